The van der Waals surface area contributed by atoms with Crippen LogP contribution in [-0.4, -0.2) is 46.2 Å². The van der Waals surface area contributed by atoms with Crippen molar-refractivity contribution in [1.29, 1.82) is 0 Å². The first kappa shape index (κ1) is 26.2. The number of amides is 3. The van der Waals surface area contributed by atoms with E-state index in [0.29, 0.717) is 0 Å². The average molecular weight is 516 g/mol. The number of imide groups is 1. The number of hydrogen-bond donors (Lipinski definition) is 0. The topological polar surface area (TPSA) is 127 Å². The molecule has 3 aromatic rings. The highest BCUT2D eigenvalue weighted by Crippen LogP contribution is 2.28. The number of hydrogen-bond acceptors (Lipinski definition) is 7. The van der Waals surface area contributed by atoms with Crippen LogP contribution in [0.15, 0.2) is 72.8 Å². The maximum atomic E-state index is 13.6. The number of nitro benzene ring substituents is 1. The standard InChI is InChI=1S/C28H25N3O7/c1-3-38-28(35)21-10-12-22(13-11-21)30-25(32)16-24(27(30)34)29(17-19-6-4-18(2)5-7-19)26(33)20-8-14-23(15-9-20)31(36)37/h4-15,24H,3,16-17H2,1-2H3. The van der Waals surface area contributed by atoms with E-state index in [9.17, 15) is 29.3 Å². The summed E-state index contributed by atoms with van der Waals surface area (Å²) in [5.41, 5.74) is 2.31. The second-order valence-corrected chi connectivity index (χ2v) is 8.78. The molecule has 1 saturated heterocycles. The van der Waals surface area contributed by atoms with Gasteiger partial charge in [-0.3, -0.25) is 24.5 Å². The van der Waals surface area contributed by atoms with E-state index < -0.39 is 34.7 Å². The third kappa shape index (κ3) is 5.44. The Kier molecular flexibility index (Phi) is 7.61. The lowest BCUT2D eigenvalue weighted by atomic mass is 10.1. The molecule has 0 aliphatic carbocycles. The number of carbonyl (C=O) groups is 4. The minimum atomic E-state index is -1.09. The van der Waals surface area contributed by atoms with Crippen LogP contribution in [0, 0.1) is 17.0 Å². The predicted molar refractivity (Wildman–Crippen MR) is 137 cm³/mol. The molecule has 0 radical (unpaired) electrons. The molecule has 194 valence electrons. The van der Waals surface area contributed by atoms with Crippen LogP contribution >= 0.6 is 0 Å². The van der Waals surface area contributed by atoms with Gasteiger partial charge in [0.05, 0.1) is 29.2 Å². The second-order valence-electron chi connectivity index (χ2n) is 8.78. The van der Waals surface area contributed by atoms with Crippen LogP contribution in [0.3, 0.4) is 0 Å². The Morgan fingerprint density at radius 2 is 1.58 bits per heavy atom. The summed E-state index contributed by atoms with van der Waals surface area (Å²) in [6.45, 7) is 3.88. The van der Waals surface area contributed by atoms with Gasteiger partial charge in [0, 0.05) is 24.2 Å². The Bertz CT molecular complexity index is 1380. The summed E-state index contributed by atoms with van der Waals surface area (Å²) in [6.07, 6.45) is -0.233. The molecule has 3 aromatic carbocycles. The van der Waals surface area contributed by atoms with E-state index in [4.69, 9.17) is 4.74 Å². The minimum Gasteiger partial charge on any atom is -0.462 e. The number of esters is 1. The number of benzene rings is 3. The molecular formula is C28H25N3O7. The highest BCUT2D eigenvalue weighted by atomic mass is 16.6. The van der Waals surface area contributed by atoms with Crippen molar-refractivity contribution < 1.29 is 28.8 Å². The zero-order valence-corrected chi connectivity index (χ0v) is 20.8. The van der Waals surface area contributed by atoms with Crippen molar-refractivity contribution in [1.82, 2.24) is 4.90 Å². The van der Waals surface area contributed by atoms with Crippen molar-refractivity contribution >= 4 is 35.1 Å². The number of rotatable bonds is 8. The van der Waals surface area contributed by atoms with Crippen molar-refractivity contribution in [3.05, 3.63) is 105 Å². The largest absolute Gasteiger partial charge is 0.462 e. The van der Waals surface area contributed by atoms with Crippen molar-refractivity contribution in [2.75, 3.05) is 11.5 Å². The van der Waals surface area contributed by atoms with E-state index in [-0.39, 0.29) is 42.1 Å². The third-order valence-electron chi connectivity index (χ3n) is 6.20. The summed E-state index contributed by atoms with van der Waals surface area (Å²) >= 11 is 0. The molecule has 0 spiro atoms. The van der Waals surface area contributed by atoms with Crippen LogP contribution < -0.4 is 4.90 Å². The van der Waals surface area contributed by atoms with Crippen molar-refractivity contribution in [3.63, 3.8) is 0 Å². The number of nitro groups is 1. The van der Waals surface area contributed by atoms with Gasteiger partial charge in [-0.1, -0.05) is 29.8 Å². The van der Waals surface area contributed by atoms with Gasteiger partial charge in [0.25, 0.3) is 17.5 Å². The molecule has 10 nitrogen and oxygen atoms in total. The first-order chi connectivity index (χ1) is 18.2. The first-order valence-electron chi connectivity index (χ1n) is 11.9. The fraction of sp³-hybridized carbons (Fsp3) is 0.214. The molecule has 1 heterocycles. The fourth-order valence-electron chi connectivity index (χ4n) is 4.20. The van der Waals surface area contributed by atoms with E-state index in [1.54, 1.807) is 6.92 Å². The molecular weight excluding hydrogens is 490 g/mol. The maximum Gasteiger partial charge on any atom is 0.338 e. The minimum absolute atomic E-state index is 0.0510. The lowest BCUT2D eigenvalue weighted by Crippen LogP contribution is -2.45. The Labute approximate surface area is 218 Å². The SMILES string of the molecule is CCOC(=O)c1ccc(N2C(=O)CC(N(Cc3ccc(C)cc3)C(=O)c3ccc([N+](=O)[O-])cc3)C2=O)cc1. The first-order valence-corrected chi connectivity index (χ1v) is 11.9. The van der Waals surface area contributed by atoms with Crippen LogP contribution in [-0.2, 0) is 20.9 Å². The number of anilines is 1. The zero-order valence-electron chi connectivity index (χ0n) is 20.8. The number of non-ortho nitro benzene ring substituents is 1. The molecule has 1 aliphatic rings. The molecule has 1 fully saturated rings. The van der Waals surface area contributed by atoms with Gasteiger partial charge in [0.1, 0.15) is 6.04 Å². The van der Waals surface area contributed by atoms with Gasteiger partial charge < -0.3 is 9.64 Å². The van der Waals surface area contributed by atoms with E-state index in [0.717, 1.165) is 16.0 Å². The van der Waals surface area contributed by atoms with Crippen LogP contribution in [0.5, 0.6) is 0 Å². The van der Waals surface area contributed by atoms with E-state index in [1.165, 1.54) is 53.4 Å². The second kappa shape index (κ2) is 11.0. The van der Waals surface area contributed by atoms with Crippen LogP contribution in [0.4, 0.5) is 11.4 Å². The Morgan fingerprint density at radius 3 is 2.16 bits per heavy atom. The van der Waals surface area contributed by atoms with Gasteiger partial charge >= 0.3 is 5.97 Å². The molecule has 0 aromatic heterocycles. The maximum absolute atomic E-state index is 13.6. The van der Waals surface area contributed by atoms with E-state index in [2.05, 4.69) is 0 Å². The molecule has 1 unspecified atom stereocenters. The highest BCUT2D eigenvalue weighted by molar-refractivity contribution is 6.23. The molecule has 10 heteroatoms. The van der Waals surface area contributed by atoms with Crippen molar-refractivity contribution in [2.24, 2.45) is 0 Å². The molecule has 1 atom stereocenters. The number of aryl methyl sites for hydroxylation is 1. The summed E-state index contributed by atoms with van der Waals surface area (Å²) in [6, 6.07) is 17.3. The van der Waals surface area contributed by atoms with Crippen LogP contribution in [0.25, 0.3) is 0 Å². The quantitative estimate of drug-likeness (QED) is 0.192. The van der Waals surface area contributed by atoms with Gasteiger partial charge in [0.15, 0.2) is 0 Å². The molecule has 38 heavy (non-hydrogen) atoms. The normalized spacial score (nSPS) is 14.9. The molecule has 4 rings (SSSR count). The Balaban J connectivity index is 1.64. The Morgan fingerprint density at radius 1 is 0.974 bits per heavy atom. The number of nitrogens with zero attached hydrogens (tertiary/aromatic N) is 3. The summed E-state index contributed by atoms with van der Waals surface area (Å²) in [7, 11) is 0. The predicted octanol–water partition coefficient (Wildman–Crippen LogP) is 4.05. The van der Waals surface area contributed by atoms with Crippen molar-refractivity contribution in [3.8, 4) is 0 Å². The van der Waals surface area contributed by atoms with E-state index >= 15 is 0 Å². The van der Waals surface area contributed by atoms with Gasteiger partial charge in [-0.25, -0.2) is 9.69 Å². The summed E-state index contributed by atoms with van der Waals surface area (Å²) < 4.78 is 4.97. The molecule has 0 saturated carbocycles. The number of ether oxygens (including phenoxy) is 1. The third-order valence-corrected chi connectivity index (χ3v) is 6.20. The zero-order chi connectivity index (χ0) is 27.4. The van der Waals surface area contributed by atoms with Crippen LogP contribution in [0.1, 0.15) is 45.2 Å². The molecule has 3 amide bonds. The molecule has 0 bridgehead atoms. The fourth-order valence-corrected chi connectivity index (χ4v) is 4.20. The molecule has 1 aliphatic heterocycles. The van der Waals surface area contributed by atoms with E-state index in [1.807, 2.05) is 31.2 Å². The van der Waals surface area contributed by atoms with Crippen molar-refractivity contribution in [2.45, 2.75) is 32.9 Å². The molecule has 0 N–H and O–H groups in total. The lowest BCUT2D eigenvalue weighted by molar-refractivity contribution is -0.384. The Hall–Kier alpha value is -4.86. The van der Waals surface area contributed by atoms with Crippen LogP contribution in [0.2, 0.25) is 0 Å². The summed E-state index contributed by atoms with van der Waals surface area (Å²) in [4.78, 5) is 64.9. The lowest BCUT2D eigenvalue weighted by Gasteiger charge is -2.28. The van der Waals surface area contributed by atoms with Gasteiger partial charge in [-0.05, 0) is 55.8 Å². The summed E-state index contributed by atoms with van der Waals surface area (Å²) in [5, 5.41) is 11.0. The average Bonchev–Trinajstić information content (AvgIpc) is 3.21. The highest BCUT2D eigenvalue weighted by Gasteiger charge is 2.44. The van der Waals surface area contributed by atoms with Gasteiger partial charge in [-0.15, -0.1) is 0 Å². The smallest absolute Gasteiger partial charge is 0.338 e. The monoisotopic (exact) mass is 515 g/mol. The van der Waals surface area contributed by atoms with Gasteiger partial charge in [-0.2, -0.15) is 0 Å². The van der Waals surface area contributed by atoms with Gasteiger partial charge in [0.2, 0.25) is 5.91 Å². The number of carbonyl (C=O) groups excluding carboxylic acids is 4. The summed E-state index contributed by atoms with van der Waals surface area (Å²) in [5.74, 6) is -2.13.